The highest BCUT2D eigenvalue weighted by atomic mass is 79.9. The van der Waals surface area contributed by atoms with E-state index in [2.05, 4.69) is 33.4 Å². The van der Waals surface area contributed by atoms with Crippen LogP contribution in [0, 0.1) is 0 Å². The molecule has 0 saturated carbocycles. The van der Waals surface area contributed by atoms with Gasteiger partial charge in [-0.05, 0) is 54.4 Å². The fraction of sp³-hybridized carbons (Fsp3) is 0.250. The first-order valence-electron chi connectivity index (χ1n) is 6.46. The molecular weight excluding hydrogens is 338 g/mol. The molecule has 0 unspecified atom stereocenters. The quantitative estimate of drug-likeness (QED) is 0.774. The monoisotopic (exact) mass is 353 g/mol. The maximum Gasteiger partial charge on any atom is 0.119 e. The van der Waals surface area contributed by atoms with Gasteiger partial charge in [-0.1, -0.05) is 39.7 Å². The van der Waals surface area contributed by atoms with Crippen LogP contribution in [0.4, 0.5) is 0 Å². The number of hydrogen-bond acceptors (Lipinski definition) is 2. The first kappa shape index (κ1) is 15.4. The summed E-state index contributed by atoms with van der Waals surface area (Å²) in [6.45, 7) is 1.71. The maximum atomic E-state index is 6.00. The van der Waals surface area contributed by atoms with Gasteiger partial charge in [0.15, 0.2) is 0 Å². The van der Waals surface area contributed by atoms with Crippen molar-refractivity contribution in [3.8, 4) is 5.75 Å². The van der Waals surface area contributed by atoms with Gasteiger partial charge in [0.1, 0.15) is 5.75 Å². The van der Waals surface area contributed by atoms with Crippen molar-refractivity contribution in [2.24, 2.45) is 0 Å². The first-order valence-corrected chi connectivity index (χ1v) is 7.63. The van der Waals surface area contributed by atoms with Crippen LogP contribution >= 0.6 is 27.5 Å². The fourth-order valence-electron chi connectivity index (χ4n) is 1.96. The van der Waals surface area contributed by atoms with Gasteiger partial charge in [0.2, 0.25) is 0 Å². The summed E-state index contributed by atoms with van der Waals surface area (Å²) in [5.74, 6) is 0.903. The SMILES string of the molecule is COc1cccc(CCNCc2cc(Cl)ccc2Br)c1. The summed E-state index contributed by atoms with van der Waals surface area (Å²) in [5, 5.41) is 4.19. The molecule has 0 heterocycles. The van der Waals surface area contributed by atoms with Crippen molar-refractivity contribution in [1.29, 1.82) is 0 Å². The Hall–Kier alpha value is -1.03. The molecule has 2 aromatic rings. The van der Waals surface area contributed by atoms with Crippen LogP contribution in [0.1, 0.15) is 11.1 Å². The second-order valence-corrected chi connectivity index (χ2v) is 5.80. The van der Waals surface area contributed by atoms with Crippen LogP contribution in [-0.4, -0.2) is 13.7 Å². The minimum Gasteiger partial charge on any atom is -0.497 e. The van der Waals surface area contributed by atoms with Gasteiger partial charge in [-0.15, -0.1) is 0 Å². The molecule has 106 valence electrons. The highest BCUT2D eigenvalue weighted by molar-refractivity contribution is 9.10. The molecule has 0 amide bonds. The van der Waals surface area contributed by atoms with Crippen molar-refractivity contribution >= 4 is 27.5 Å². The molecule has 2 rings (SSSR count). The second kappa shape index (κ2) is 7.67. The molecule has 0 saturated heterocycles. The van der Waals surface area contributed by atoms with Crippen molar-refractivity contribution in [3.63, 3.8) is 0 Å². The average Bonchev–Trinajstić information content (AvgIpc) is 2.47. The third-order valence-corrected chi connectivity index (χ3v) is 4.06. The van der Waals surface area contributed by atoms with Gasteiger partial charge in [0, 0.05) is 16.0 Å². The molecule has 0 aliphatic carbocycles. The number of benzene rings is 2. The Morgan fingerprint density at radius 3 is 2.85 bits per heavy atom. The third kappa shape index (κ3) is 4.51. The highest BCUT2D eigenvalue weighted by Gasteiger charge is 2.01. The van der Waals surface area contributed by atoms with Crippen LogP contribution in [0.25, 0.3) is 0 Å². The van der Waals surface area contributed by atoms with Crippen molar-refractivity contribution in [2.75, 3.05) is 13.7 Å². The number of ether oxygens (including phenoxy) is 1. The average molecular weight is 355 g/mol. The van der Waals surface area contributed by atoms with Gasteiger partial charge >= 0.3 is 0 Å². The van der Waals surface area contributed by atoms with E-state index in [1.807, 2.05) is 30.3 Å². The molecule has 0 spiro atoms. The standard InChI is InChI=1S/C16H17BrClNO/c1-20-15-4-2-3-12(9-15)7-8-19-11-13-10-14(18)5-6-16(13)17/h2-6,9-10,19H,7-8,11H2,1H3. The molecule has 0 aliphatic heterocycles. The van der Waals surface area contributed by atoms with E-state index in [4.69, 9.17) is 16.3 Å². The predicted octanol–water partition coefficient (Wildman–Crippen LogP) is 4.44. The summed E-state index contributed by atoms with van der Waals surface area (Å²) < 4.78 is 6.30. The Balaban J connectivity index is 1.82. The molecule has 0 aromatic heterocycles. The molecule has 2 aromatic carbocycles. The van der Waals surface area contributed by atoms with Crippen molar-refractivity contribution in [1.82, 2.24) is 5.32 Å². The zero-order chi connectivity index (χ0) is 14.4. The normalized spacial score (nSPS) is 10.6. The van der Waals surface area contributed by atoms with E-state index < -0.39 is 0 Å². The largest absolute Gasteiger partial charge is 0.497 e. The van der Waals surface area contributed by atoms with Crippen molar-refractivity contribution in [2.45, 2.75) is 13.0 Å². The molecule has 0 atom stereocenters. The van der Waals surface area contributed by atoms with E-state index in [0.29, 0.717) is 0 Å². The van der Waals surface area contributed by atoms with Crippen LogP contribution in [0.2, 0.25) is 5.02 Å². The summed E-state index contributed by atoms with van der Waals surface area (Å²) in [4.78, 5) is 0. The second-order valence-electron chi connectivity index (χ2n) is 4.51. The van der Waals surface area contributed by atoms with Crippen LogP contribution in [0.5, 0.6) is 5.75 Å². The Morgan fingerprint density at radius 2 is 2.05 bits per heavy atom. The van der Waals surface area contributed by atoms with Crippen LogP contribution < -0.4 is 10.1 Å². The lowest BCUT2D eigenvalue weighted by Crippen LogP contribution is -2.17. The predicted molar refractivity (Wildman–Crippen MR) is 87.6 cm³/mol. The molecule has 0 bridgehead atoms. The van der Waals surface area contributed by atoms with E-state index in [1.54, 1.807) is 7.11 Å². The molecule has 2 nitrogen and oxygen atoms in total. The summed E-state index contributed by atoms with van der Waals surface area (Å²) in [6.07, 6.45) is 0.968. The lowest BCUT2D eigenvalue weighted by atomic mass is 10.1. The smallest absolute Gasteiger partial charge is 0.119 e. The number of methoxy groups -OCH3 is 1. The van der Waals surface area contributed by atoms with Crippen LogP contribution in [-0.2, 0) is 13.0 Å². The summed E-state index contributed by atoms with van der Waals surface area (Å²) >= 11 is 9.53. The molecule has 20 heavy (non-hydrogen) atoms. The lowest BCUT2D eigenvalue weighted by molar-refractivity contribution is 0.414. The molecule has 4 heteroatoms. The van der Waals surface area contributed by atoms with Crippen LogP contribution in [0.3, 0.4) is 0 Å². The van der Waals surface area contributed by atoms with Gasteiger partial charge in [-0.25, -0.2) is 0 Å². The van der Waals surface area contributed by atoms with Crippen molar-refractivity contribution in [3.05, 3.63) is 63.1 Å². The number of nitrogens with one attached hydrogen (secondary N) is 1. The van der Waals surface area contributed by atoms with Gasteiger partial charge in [-0.3, -0.25) is 0 Å². The Morgan fingerprint density at radius 1 is 1.20 bits per heavy atom. The highest BCUT2D eigenvalue weighted by Crippen LogP contribution is 2.21. The van der Waals surface area contributed by atoms with Gasteiger partial charge in [0.05, 0.1) is 7.11 Å². The maximum absolute atomic E-state index is 6.00. The first-order chi connectivity index (χ1) is 9.69. The molecule has 0 fully saturated rings. The van der Waals surface area contributed by atoms with E-state index in [0.717, 1.165) is 34.8 Å². The number of rotatable bonds is 6. The molecule has 0 radical (unpaired) electrons. The Labute approximate surface area is 133 Å². The van der Waals surface area contributed by atoms with Gasteiger partial charge < -0.3 is 10.1 Å². The number of hydrogen-bond donors (Lipinski definition) is 1. The van der Waals surface area contributed by atoms with Crippen LogP contribution in [0.15, 0.2) is 46.9 Å². The van der Waals surface area contributed by atoms with E-state index in [9.17, 15) is 0 Å². The summed E-state index contributed by atoms with van der Waals surface area (Å²) in [6, 6.07) is 14.0. The zero-order valence-electron chi connectivity index (χ0n) is 11.3. The zero-order valence-corrected chi connectivity index (χ0v) is 13.7. The molecule has 0 aliphatic rings. The van der Waals surface area contributed by atoms with E-state index in [-0.39, 0.29) is 0 Å². The van der Waals surface area contributed by atoms with Gasteiger partial charge in [0.25, 0.3) is 0 Å². The fourth-order valence-corrected chi connectivity index (χ4v) is 2.54. The Kier molecular flexibility index (Phi) is 5.89. The minimum absolute atomic E-state index is 0.762. The van der Waals surface area contributed by atoms with E-state index >= 15 is 0 Å². The minimum atomic E-state index is 0.762. The summed E-state index contributed by atoms with van der Waals surface area (Å²) in [5.41, 5.74) is 2.44. The van der Waals surface area contributed by atoms with Crippen molar-refractivity contribution < 1.29 is 4.74 Å². The third-order valence-electron chi connectivity index (χ3n) is 3.05. The Bertz CT molecular complexity index is 574. The van der Waals surface area contributed by atoms with E-state index in [1.165, 1.54) is 11.1 Å². The topological polar surface area (TPSA) is 21.3 Å². The summed E-state index contributed by atoms with van der Waals surface area (Å²) in [7, 11) is 1.69. The number of halogens is 2. The molecule has 1 N–H and O–H groups in total. The molecular formula is C16H17BrClNO. The van der Waals surface area contributed by atoms with Gasteiger partial charge in [-0.2, -0.15) is 0 Å². The lowest BCUT2D eigenvalue weighted by Gasteiger charge is -2.08.